The van der Waals surface area contributed by atoms with Gasteiger partial charge in [-0.2, -0.15) is 9.78 Å². The van der Waals surface area contributed by atoms with Crippen molar-refractivity contribution in [2.45, 2.75) is 40.0 Å². The second-order valence-electron chi connectivity index (χ2n) is 9.52. The topological polar surface area (TPSA) is 117 Å². The molecule has 41 heavy (non-hydrogen) atoms. The van der Waals surface area contributed by atoms with Crippen LogP contribution in [0.5, 0.6) is 11.6 Å². The Labute approximate surface area is 244 Å². The van der Waals surface area contributed by atoms with E-state index in [9.17, 15) is 14.9 Å². The molecule has 3 aromatic heterocycles. The summed E-state index contributed by atoms with van der Waals surface area (Å²) in [5.74, 6) is 1.45. The molecule has 0 N–H and O–H groups in total. The number of benzene rings is 2. The quantitative estimate of drug-likeness (QED) is 0.101. The van der Waals surface area contributed by atoms with E-state index in [0.29, 0.717) is 28.9 Å². The molecule has 2 aromatic carbocycles. The Kier molecular flexibility index (Phi) is 8.06. The van der Waals surface area contributed by atoms with E-state index in [1.54, 1.807) is 12.3 Å². The summed E-state index contributed by atoms with van der Waals surface area (Å²) >= 11 is 3.45. The zero-order chi connectivity index (χ0) is 29.1. The molecular formula is C30H27BrN6O4. The minimum absolute atomic E-state index is 0.0994. The van der Waals surface area contributed by atoms with Gasteiger partial charge in [0.2, 0.25) is 5.88 Å². The number of fused-ring (bicyclic) bond motifs is 1. The number of nitro groups is 1. The van der Waals surface area contributed by atoms with Crippen molar-refractivity contribution in [3.8, 4) is 17.3 Å². The first-order valence-corrected chi connectivity index (χ1v) is 13.9. The van der Waals surface area contributed by atoms with Crippen LogP contribution in [0.4, 0.5) is 5.69 Å². The van der Waals surface area contributed by atoms with Gasteiger partial charge in [0, 0.05) is 45.7 Å². The standard InChI is InChI=1S/C30H27BrN6O4/c1-4-5-6-28-34-27-13-7-22(31)16-26(27)30(38)36(28)33-17-21-15-19(2)35(20(21)3)23-8-11-25(12-9-23)41-29-14-10-24(18-32-29)37(39)40/h7-18H,4-6H2,1-3H3. The molecule has 0 amide bonds. The van der Waals surface area contributed by atoms with Crippen LogP contribution in [0, 0.1) is 24.0 Å². The highest BCUT2D eigenvalue weighted by atomic mass is 79.9. The van der Waals surface area contributed by atoms with E-state index in [1.807, 2.05) is 56.3 Å². The SMILES string of the molecule is CCCCc1nc2ccc(Br)cc2c(=O)n1N=Cc1cc(C)n(-c2ccc(Oc3ccc([N+](=O)[O-])cn3)cc2)c1C. The lowest BCUT2D eigenvalue weighted by Gasteiger charge is -2.11. The van der Waals surface area contributed by atoms with Crippen LogP contribution in [0.25, 0.3) is 16.6 Å². The number of pyridine rings is 1. The number of unbranched alkanes of at least 4 members (excludes halogenated alkanes) is 1. The van der Waals surface area contributed by atoms with Gasteiger partial charge in [0.15, 0.2) is 0 Å². The Hall–Kier alpha value is -4.64. The zero-order valence-electron chi connectivity index (χ0n) is 22.7. The molecule has 0 fully saturated rings. The molecule has 0 aliphatic carbocycles. The van der Waals surface area contributed by atoms with E-state index in [-0.39, 0.29) is 17.1 Å². The molecule has 0 aliphatic rings. The average molecular weight is 615 g/mol. The van der Waals surface area contributed by atoms with Crippen LogP contribution in [0.15, 0.2) is 81.2 Å². The molecule has 0 saturated heterocycles. The summed E-state index contributed by atoms with van der Waals surface area (Å²) in [6.07, 6.45) is 5.40. The van der Waals surface area contributed by atoms with E-state index in [2.05, 4.69) is 37.5 Å². The molecule has 0 saturated carbocycles. The van der Waals surface area contributed by atoms with Gasteiger partial charge in [-0.25, -0.2) is 9.97 Å². The number of hydrogen-bond acceptors (Lipinski definition) is 7. The van der Waals surface area contributed by atoms with Crippen LogP contribution in [0.1, 0.15) is 42.5 Å². The maximum absolute atomic E-state index is 13.4. The van der Waals surface area contributed by atoms with Crippen molar-refractivity contribution in [2.75, 3.05) is 0 Å². The number of halogens is 1. The molecule has 208 valence electrons. The lowest BCUT2D eigenvalue weighted by atomic mass is 10.2. The van der Waals surface area contributed by atoms with Crippen LogP contribution in [0.3, 0.4) is 0 Å². The number of aryl methyl sites for hydroxylation is 2. The van der Waals surface area contributed by atoms with Gasteiger partial charge in [-0.05, 0) is 68.8 Å². The highest BCUT2D eigenvalue weighted by molar-refractivity contribution is 9.10. The van der Waals surface area contributed by atoms with Gasteiger partial charge < -0.3 is 9.30 Å². The summed E-state index contributed by atoms with van der Waals surface area (Å²) in [5.41, 5.74) is 4.10. The first kappa shape index (κ1) is 27.9. The van der Waals surface area contributed by atoms with Gasteiger partial charge in [-0.15, -0.1) is 0 Å². The Bertz CT molecular complexity index is 1830. The monoisotopic (exact) mass is 614 g/mol. The fourth-order valence-electron chi connectivity index (χ4n) is 4.57. The summed E-state index contributed by atoms with van der Waals surface area (Å²) in [7, 11) is 0. The summed E-state index contributed by atoms with van der Waals surface area (Å²) < 4.78 is 10.1. The fraction of sp³-hybridized carbons (Fsp3) is 0.200. The minimum atomic E-state index is -0.506. The normalized spacial score (nSPS) is 11.4. The lowest BCUT2D eigenvalue weighted by Crippen LogP contribution is -2.22. The van der Waals surface area contributed by atoms with Crippen molar-refractivity contribution in [1.82, 2.24) is 19.2 Å². The second kappa shape index (κ2) is 11.8. The number of rotatable bonds is 9. The van der Waals surface area contributed by atoms with Crippen molar-refractivity contribution < 1.29 is 9.66 Å². The molecule has 0 aliphatic heterocycles. The van der Waals surface area contributed by atoms with Crippen LogP contribution in [-0.4, -0.2) is 30.3 Å². The van der Waals surface area contributed by atoms with Gasteiger partial charge >= 0.3 is 0 Å². The summed E-state index contributed by atoms with van der Waals surface area (Å²) in [6.45, 7) is 6.10. The molecule has 11 heteroatoms. The minimum Gasteiger partial charge on any atom is -0.439 e. The molecule has 0 bridgehead atoms. The fourth-order valence-corrected chi connectivity index (χ4v) is 4.93. The molecule has 0 unspecified atom stereocenters. The molecule has 0 atom stereocenters. The summed E-state index contributed by atoms with van der Waals surface area (Å²) in [6, 6.07) is 17.8. The van der Waals surface area contributed by atoms with Gasteiger partial charge in [0.25, 0.3) is 11.2 Å². The third-order valence-corrected chi connectivity index (χ3v) is 7.15. The summed E-state index contributed by atoms with van der Waals surface area (Å²) in [5, 5.41) is 16.0. The van der Waals surface area contributed by atoms with E-state index in [0.717, 1.165) is 46.1 Å². The third kappa shape index (κ3) is 5.94. The lowest BCUT2D eigenvalue weighted by molar-refractivity contribution is -0.385. The molecule has 0 radical (unpaired) electrons. The molecular weight excluding hydrogens is 588 g/mol. The molecule has 0 spiro atoms. The van der Waals surface area contributed by atoms with E-state index < -0.39 is 4.92 Å². The Morgan fingerprint density at radius 2 is 1.88 bits per heavy atom. The van der Waals surface area contributed by atoms with Gasteiger partial charge in [-0.3, -0.25) is 14.9 Å². The van der Waals surface area contributed by atoms with Gasteiger partial charge in [0.1, 0.15) is 17.8 Å². The number of ether oxygens (including phenoxy) is 1. The number of nitrogens with zero attached hydrogens (tertiary/aromatic N) is 6. The Morgan fingerprint density at radius 1 is 1.10 bits per heavy atom. The van der Waals surface area contributed by atoms with Crippen molar-refractivity contribution in [2.24, 2.45) is 5.10 Å². The van der Waals surface area contributed by atoms with Crippen molar-refractivity contribution in [3.63, 3.8) is 0 Å². The molecule has 5 aromatic rings. The van der Waals surface area contributed by atoms with Gasteiger partial charge in [0.05, 0.1) is 22.0 Å². The highest BCUT2D eigenvalue weighted by Crippen LogP contribution is 2.25. The summed E-state index contributed by atoms with van der Waals surface area (Å²) in [4.78, 5) is 32.5. The zero-order valence-corrected chi connectivity index (χ0v) is 24.3. The average Bonchev–Trinajstić information content (AvgIpc) is 3.25. The van der Waals surface area contributed by atoms with Gasteiger partial charge in [-0.1, -0.05) is 29.3 Å². The van der Waals surface area contributed by atoms with E-state index in [1.165, 1.54) is 16.8 Å². The largest absolute Gasteiger partial charge is 0.439 e. The molecule has 10 nitrogen and oxygen atoms in total. The predicted molar refractivity (Wildman–Crippen MR) is 162 cm³/mol. The van der Waals surface area contributed by atoms with Crippen molar-refractivity contribution in [1.29, 1.82) is 0 Å². The van der Waals surface area contributed by atoms with E-state index >= 15 is 0 Å². The first-order chi connectivity index (χ1) is 19.7. The predicted octanol–water partition coefficient (Wildman–Crippen LogP) is 6.89. The smallest absolute Gasteiger partial charge is 0.287 e. The number of hydrogen-bond donors (Lipinski definition) is 0. The van der Waals surface area contributed by atoms with Crippen LogP contribution >= 0.6 is 15.9 Å². The van der Waals surface area contributed by atoms with E-state index in [4.69, 9.17) is 9.72 Å². The van der Waals surface area contributed by atoms with Crippen LogP contribution < -0.4 is 10.3 Å². The molecule has 3 heterocycles. The maximum atomic E-state index is 13.4. The Balaban J connectivity index is 1.43. The van der Waals surface area contributed by atoms with Crippen molar-refractivity contribution in [3.05, 3.63) is 115 Å². The molecule has 5 rings (SSSR count). The first-order valence-electron chi connectivity index (χ1n) is 13.1. The highest BCUT2D eigenvalue weighted by Gasteiger charge is 2.13. The van der Waals surface area contributed by atoms with Crippen LogP contribution in [0.2, 0.25) is 0 Å². The van der Waals surface area contributed by atoms with Crippen molar-refractivity contribution >= 4 is 38.7 Å². The Morgan fingerprint density at radius 3 is 2.56 bits per heavy atom. The number of aromatic nitrogens is 4. The second-order valence-corrected chi connectivity index (χ2v) is 10.4. The third-order valence-electron chi connectivity index (χ3n) is 6.66. The maximum Gasteiger partial charge on any atom is 0.287 e. The van der Waals surface area contributed by atoms with Crippen LogP contribution in [-0.2, 0) is 6.42 Å².